The minimum atomic E-state index is -0.576. The molecule has 0 saturated heterocycles. The van der Waals surface area contributed by atoms with Gasteiger partial charge in [0.25, 0.3) is 0 Å². The Labute approximate surface area is 159 Å². The van der Waals surface area contributed by atoms with Crippen LogP contribution in [0, 0.1) is 11.8 Å². The van der Waals surface area contributed by atoms with Crippen LogP contribution in [-0.4, -0.2) is 29.0 Å². The summed E-state index contributed by atoms with van der Waals surface area (Å²) in [6, 6.07) is 5.48. The van der Waals surface area contributed by atoms with Crippen LogP contribution in [0.15, 0.2) is 18.2 Å². The maximum atomic E-state index is 10.2. The molecule has 1 aromatic carbocycles. The molecule has 0 aliphatic heterocycles. The van der Waals surface area contributed by atoms with Crippen molar-refractivity contribution < 1.29 is 14.9 Å². The van der Waals surface area contributed by atoms with Gasteiger partial charge in [-0.2, -0.15) is 0 Å². The topological polar surface area (TPSA) is 75.7 Å². The second-order valence-corrected chi connectivity index (χ2v) is 8.23. The van der Waals surface area contributed by atoms with Crippen LogP contribution in [-0.2, 0) is 6.42 Å². The summed E-state index contributed by atoms with van der Waals surface area (Å²) in [5.41, 5.74) is 6.38. The van der Waals surface area contributed by atoms with E-state index < -0.39 is 5.54 Å². The summed E-state index contributed by atoms with van der Waals surface area (Å²) in [4.78, 5) is 0. The van der Waals surface area contributed by atoms with Crippen LogP contribution in [0.2, 0.25) is 0 Å². The number of rotatable bonds is 13. The van der Waals surface area contributed by atoms with Gasteiger partial charge in [0.1, 0.15) is 11.5 Å². The summed E-state index contributed by atoms with van der Waals surface area (Å²) >= 11 is 0. The van der Waals surface area contributed by atoms with Crippen molar-refractivity contribution in [3.63, 3.8) is 0 Å². The van der Waals surface area contributed by atoms with Gasteiger partial charge < -0.3 is 20.7 Å². The number of aliphatic hydroxyl groups is 1. The third-order valence-corrected chi connectivity index (χ3v) is 5.33. The van der Waals surface area contributed by atoms with Crippen molar-refractivity contribution in [2.45, 2.75) is 78.2 Å². The molecule has 1 rings (SSSR count). The molecule has 0 heterocycles. The molecule has 0 aliphatic rings. The first-order chi connectivity index (χ1) is 12.3. The Morgan fingerprint density at radius 2 is 1.88 bits per heavy atom. The Bertz CT molecular complexity index is 512. The zero-order chi connectivity index (χ0) is 19.6. The van der Waals surface area contributed by atoms with Gasteiger partial charge in [0.05, 0.1) is 13.2 Å². The van der Waals surface area contributed by atoms with Gasteiger partial charge >= 0.3 is 0 Å². The fourth-order valence-electron chi connectivity index (χ4n) is 2.99. The largest absolute Gasteiger partial charge is 0.508 e. The molecule has 0 spiro atoms. The van der Waals surface area contributed by atoms with Crippen molar-refractivity contribution >= 4 is 0 Å². The quantitative estimate of drug-likeness (QED) is 0.475. The molecule has 0 amide bonds. The number of hydrogen-bond acceptors (Lipinski definition) is 4. The van der Waals surface area contributed by atoms with E-state index in [1.54, 1.807) is 6.07 Å². The summed E-state index contributed by atoms with van der Waals surface area (Å²) in [6.45, 7) is 9.41. The van der Waals surface area contributed by atoms with Crippen LogP contribution < -0.4 is 10.5 Å². The summed E-state index contributed by atoms with van der Waals surface area (Å²) in [5, 5.41) is 19.6. The zero-order valence-corrected chi connectivity index (χ0v) is 17.1. The SMILES string of the molecule is CC[C@@](N)(CO)CCc1ccc(OCCC(C)CCCC(C)C)cc1O. The van der Waals surface area contributed by atoms with Crippen molar-refractivity contribution in [3.05, 3.63) is 23.8 Å². The maximum absolute atomic E-state index is 10.2. The van der Waals surface area contributed by atoms with Crippen molar-refractivity contribution in [3.8, 4) is 11.5 Å². The van der Waals surface area contributed by atoms with Crippen molar-refractivity contribution in [2.75, 3.05) is 13.2 Å². The Balaban J connectivity index is 2.40. The molecule has 4 heteroatoms. The third-order valence-electron chi connectivity index (χ3n) is 5.33. The van der Waals surface area contributed by atoms with Crippen molar-refractivity contribution in [1.29, 1.82) is 0 Å². The van der Waals surface area contributed by atoms with E-state index >= 15 is 0 Å². The van der Waals surface area contributed by atoms with E-state index in [4.69, 9.17) is 10.5 Å². The molecular weight excluding hydrogens is 326 g/mol. The number of hydrogen-bond donors (Lipinski definition) is 3. The molecule has 1 aromatic rings. The minimum absolute atomic E-state index is 0.0409. The second kappa shape index (κ2) is 11.5. The Hall–Kier alpha value is -1.26. The van der Waals surface area contributed by atoms with Crippen molar-refractivity contribution in [2.24, 2.45) is 17.6 Å². The van der Waals surface area contributed by atoms with Crippen LogP contribution in [0.25, 0.3) is 0 Å². The lowest BCUT2D eigenvalue weighted by molar-refractivity contribution is 0.182. The van der Waals surface area contributed by atoms with Gasteiger partial charge in [-0.15, -0.1) is 0 Å². The lowest BCUT2D eigenvalue weighted by Crippen LogP contribution is -2.43. The fraction of sp³-hybridized carbons (Fsp3) is 0.727. The van der Waals surface area contributed by atoms with Gasteiger partial charge in [0.2, 0.25) is 0 Å². The van der Waals surface area contributed by atoms with E-state index in [0.717, 1.165) is 17.9 Å². The molecule has 4 N–H and O–H groups in total. The van der Waals surface area contributed by atoms with E-state index in [9.17, 15) is 10.2 Å². The molecule has 0 saturated carbocycles. The Kier molecular flexibility index (Phi) is 10.0. The molecule has 0 bridgehead atoms. The number of ether oxygens (including phenoxy) is 1. The van der Waals surface area contributed by atoms with Crippen LogP contribution in [0.1, 0.15) is 71.8 Å². The van der Waals surface area contributed by atoms with Gasteiger partial charge in [-0.1, -0.05) is 53.0 Å². The summed E-state index contributed by atoms with van der Waals surface area (Å²) in [6.07, 6.45) is 6.84. The van der Waals surface area contributed by atoms with Gasteiger partial charge in [-0.05, 0) is 49.1 Å². The van der Waals surface area contributed by atoms with Gasteiger partial charge in [-0.3, -0.25) is 0 Å². The van der Waals surface area contributed by atoms with Gasteiger partial charge in [0.15, 0.2) is 0 Å². The molecule has 0 aromatic heterocycles. The maximum Gasteiger partial charge on any atom is 0.122 e. The molecule has 0 aliphatic carbocycles. The van der Waals surface area contributed by atoms with E-state index in [1.807, 2.05) is 19.1 Å². The van der Waals surface area contributed by atoms with Gasteiger partial charge in [0, 0.05) is 11.6 Å². The Morgan fingerprint density at radius 1 is 1.15 bits per heavy atom. The first kappa shape index (κ1) is 22.8. The van der Waals surface area contributed by atoms with E-state index in [1.165, 1.54) is 19.3 Å². The molecule has 4 nitrogen and oxygen atoms in total. The minimum Gasteiger partial charge on any atom is -0.508 e. The monoisotopic (exact) mass is 365 g/mol. The lowest BCUT2D eigenvalue weighted by Gasteiger charge is -2.25. The van der Waals surface area contributed by atoms with Gasteiger partial charge in [-0.25, -0.2) is 0 Å². The zero-order valence-electron chi connectivity index (χ0n) is 17.1. The number of aromatic hydroxyl groups is 1. The van der Waals surface area contributed by atoms with E-state index in [2.05, 4.69) is 20.8 Å². The highest BCUT2D eigenvalue weighted by atomic mass is 16.5. The highest BCUT2D eigenvalue weighted by Crippen LogP contribution is 2.27. The predicted octanol–water partition coefficient (Wildman–Crippen LogP) is 4.66. The average molecular weight is 366 g/mol. The van der Waals surface area contributed by atoms with Crippen molar-refractivity contribution in [1.82, 2.24) is 0 Å². The highest BCUT2D eigenvalue weighted by molar-refractivity contribution is 5.39. The number of aliphatic hydroxyl groups excluding tert-OH is 1. The smallest absolute Gasteiger partial charge is 0.122 e. The standard InChI is InChI=1S/C22H39NO3/c1-5-22(23,16-24)13-11-19-9-10-20(15-21(19)25)26-14-12-18(4)8-6-7-17(2)3/h9-10,15,17-18,24-25H,5-8,11-14,16,23H2,1-4H3/t18?,22-/m0/s1. The molecule has 2 atom stereocenters. The van der Waals surface area contributed by atoms with Crippen LogP contribution in [0.4, 0.5) is 0 Å². The molecule has 0 fully saturated rings. The fourth-order valence-corrected chi connectivity index (χ4v) is 2.99. The van der Waals surface area contributed by atoms with E-state index in [-0.39, 0.29) is 12.4 Å². The number of aryl methyl sites for hydroxylation is 1. The second-order valence-electron chi connectivity index (χ2n) is 8.23. The summed E-state index contributed by atoms with van der Waals surface area (Å²) < 4.78 is 5.80. The summed E-state index contributed by atoms with van der Waals surface area (Å²) in [5.74, 6) is 2.38. The van der Waals surface area contributed by atoms with E-state index in [0.29, 0.717) is 37.5 Å². The average Bonchev–Trinajstić information content (AvgIpc) is 2.60. The number of nitrogens with two attached hydrogens (primary N) is 1. The number of phenolic OH excluding ortho intramolecular Hbond substituents is 1. The van der Waals surface area contributed by atoms with Crippen LogP contribution in [0.5, 0.6) is 11.5 Å². The van der Waals surface area contributed by atoms with Crippen LogP contribution in [0.3, 0.4) is 0 Å². The molecule has 26 heavy (non-hydrogen) atoms. The van der Waals surface area contributed by atoms with Crippen LogP contribution >= 0.6 is 0 Å². The summed E-state index contributed by atoms with van der Waals surface area (Å²) in [7, 11) is 0. The normalized spacial score (nSPS) is 15.0. The molecule has 1 unspecified atom stereocenters. The number of benzene rings is 1. The number of phenols is 1. The lowest BCUT2D eigenvalue weighted by atomic mass is 9.90. The Morgan fingerprint density at radius 3 is 2.46 bits per heavy atom. The first-order valence-corrected chi connectivity index (χ1v) is 10.1. The first-order valence-electron chi connectivity index (χ1n) is 10.1. The highest BCUT2D eigenvalue weighted by Gasteiger charge is 2.21. The molecule has 150 valence electrons. The predicted molar refractivity (Wildman–Crippen MR) is 109 cm³/mol. The molecular formula is C22H39NO3. The third kappa shape index (κ3) is 8.41. The molecule has 0 radical (unpaired) electrons.